The molecule has 56 valence electrons. The lowest BCUT2D eigenvalue weighted by Gasteiger charge is -2.08. The molecule has 0 radical (unpaired) electrons. The van der Waals surface area contributed by atoms with E-state index in [0.29, 0.717) is 6.42 Å². The smallest absolute Gasteiger partial charge is 0.151 e. The van der Waals surface area contributed by atoms with Crippen molar-refractivity contribution in [2.24, 2.45) is 0 Å². The summed E-state index contributed by atoms with van der Waals surface area (Å²) in [6.07, 6.45) is 0.174. The topological polar surface area (TPSA) is 43.7 Å². The number of nitrogens with zero attached hydrogens (tertiary/aromatic N) is 1. The summed E-state index contributed by atoms with van der Waals surface area (Å²) in [5.41, 5.74) is 0. The third-order valence-electron chi connectivity index (χ3n) is 1.07. The van der Waals surface area contributed by atoms with E-state index >= 15 is 0 Å². The van der Waals surface area contributed by atoms with Crippen molar-refractivity contribution in [1.29, 1.82) is 0 Å². The van der Waals surface area contributed by atoms with Crippen molar-refractivity contribution in [3.8, 4) is 0 Å². The Morgan fingerprint density at radius 3 is 2.22 bits per heavy atom. The van der Waals surface area contributed by atoms with E-state index < -0.39 is 6.29 Å². The summed E-state index contributed by atoms with van der Waals surface area (Å²) in [5, 5.41) is 16.8. The normalized spacial score (nSPS) is 11.3. The Balaban J connectivity index is 2.91. The van der Waals surface area contributed by atoms with Gasteiger partial charge in [0.2, 0.25) is 0 Å². The first-order chi connectivity index (χ1) is 4.13. The van der Waals surface area contributed by atoms with Gasteiger partial charge in [0.1, 0.15) is 0 Å². The molecule has 0 fully saturated rings. The van der Waals surface area contributed by atoms with E-state index in [-0.39, 0.29) is 0 Å². The molecule has 0 aliphatic carbocycles. The van der Waals surface area contributed by atoms with Gasteiger partial charge in [-0.05, 0) is 33.5 Å². The van der Waals surface area contributed by atoms with E-state index in [1.807, 2.05) is 19.0 Å². The van der Waals surface area contributed by atoms with Crippen LogP contribution in [-0.2, 0) is 0 Å². The van der Waals surface area contributed by atoms with Gasteiger partial charge in [0.25, 0.3) is 0 Å². The van der Waals surface area contributed by atoms with Gasteiger partial charge >= 0.3 is 0 Å². The van der Waals surface area contributed by atoms with Gasteiger partial charge < -0.3 is 15.1 Å². The third kappa shape index (κ3) is 7.88. The molecule has 3 heteroatoms. The van der Waals surface area contributed by atoms with Crippen molar-refractivity contribution in [2.45, 2.75) is 19.1 Å². The molecule has 0 atom stereocenters. The van der Waals surface area contributed by atoms with Crippen molar-refractivity contribution in [3.05, 3.63) is 0 Å². The Bertz CT molecular complexity index is 56.1. The van der Waals surface area contributed by atoms with Gasteiger partial charge in [-0.2, -0.15) is 0 Å². The van der Waals surface area contributed by atoms with Gasteiger partial charge in [-0.3, -0.25) is 0 Å². The number of aliphatic hydroxyl groups excluding tert-OH is 1. The zero-order valence-electron chi connectivity index (χ0n) is 6.04. The Morgan fingerprint density at radius 2 is 1.89 bits per heavy atom. The summed E-state index contributed by atoms with van der Waals surface area (Å²) in [5.74, 6) is 0. The minimum Gasteiger partial charge on any atom is -0.368 e. The van der Waals surface area contributed by atoms with Crippen LogP contribution in [0.1, 0.15) is 12.8 Å². The van der Waals surface area contributed by atoms with Crippen molar-refractivity contribution in [3.63, 3.8) is 0 Å². The van der Waals surface area contributed by atoms with Gasteiger partial charge in [-0.1, -0.05) is 0 Å². The fraction of sp³-hybridized carbons (Fsp3) is 1.00. The van der Waals surface area contributed by atoms with Crippen molar-refractivity contribution < 1.29 is 10.2 Å². The Labute approximate surface area is 55.9 Å². The largest absolute Gasteiger partial charge is 0.368 e. The van der Waals surface area contributed by atoms with Crippen LogP contribution in [0.2, 0.25) is 0 Å². The van der Waals surface area contributed by atoms with Gasteiger partial charge in [0.15, 0.2) is 6.29 Å². The molecule has 0 saturated carbocycles. The van der Waals surface area contributed by atoms with Crippen LogP contribution in [0.3, 0.4) is 0 Å². The second-order valence-corrected chi connectivity index (χ2v) is 2.43. The summed E-state index contributed by atoms with van der Waals surface area (Å²) >= 11 is 0. The summed E-state index contributed by atoms with van der Waals surface area (Å²) in [4.78, 5) is 2.02. The highest BCUT2D eigenvalue weighted by atomic mass is 16.5. The molecule has 0 rings (SSSR count). The zero-order valence-corrected chi connectivity index (χ0v) is 6.04. The molecule has 0 aromatic rings. The maximum Gasteiger partial charge on any atom is 0.151 e. The van der Waals surface area contributed by atoms with Crippen LogP contribution in [-0.4, -0.2) is 42.0 Å². The highest BCUT2D eigenvalue weighted by Gasteiger charge is 1.96. The number of hydrogen-bond donors (Lipinski definition) is 2. The maximum atomic E-state index is 8.40. The van der Waals surface area contributed by atoms with E-state index in [0.717, 1.165) is 13.0 Å². The standard InChI is InChI=1S/C6H15NO2/c1-7(2)5-3-4-6(8)9/h6,8-9H,3-5H2,1-2H3. The molecule has 9 heavy (non-hydrogen) atoms. The summed E-state index contributed by atoms with van der Waals surface area (Å²) in [7, 11) is 3.92. The molecule has 0 heterocycles. The van der Waals surface area contributed by atoms with Gasteiger partial charge in [-0.15, -0.1) is 0 Å². The molecular weight excluding hydrogens is 118 g/mol. The number of aliphatic hydroxyl groups is 2. The average Bonchev–Trinajstić information content (AvgIpc) is 1.63. The fourth-order valence-electron chi connectivity index (χ4n) is 0.590. The van der Waals surface area contributed by atoms with Gasteiger partial charge in [0.05, 0.1) is 0 Å². The first-order valence-corrected chi connectivity index (χ1v) is 3.14. The lowest BCUT2D eigenvalue weighted by molar-refractivity contribution is -0.0470. The second-order valence-electron chi connectivity index (χ2n) is 2.43. The van der Waals surface area contributed by atoms with Crippen molar-refractivity contribution in [1.82, 2.24) is 4.90 Å². The monoisotopic (exact) mass is 133 g/mol. The van der Waals surface area contributed by atoms with Crippen LogP contribution in [0, 0.1) is 0 Å². The molecule has 0 aliphatic rings. The predicted octanol–water partition coefficient (Wildman–Crippen LogP) is -0.361. The summed E-state index contributed by atoms with van der Waals surface area (Å²) in [6.45, 7) is 0.914. The molecule has 0 aliphatic heterocycles. The first-order valence-electron chi connectivity index (χ1n) is 3.14. The van der Waals surface area contributed by atoms with Crippen LogP contribution in [0.4, 0.5) is 0 Å². The van der Waals surface area contributed by atoms with Crippen LogP contribution in [0.15, 0.2) is 0 Å². The molecule has 0 aromatic carbocycles. The Kier molecular flexibility index (Phi) is 4.67. The molecule has 0 saturated heterocycles. The average molecular weight is 133 g/mol. The second kappa shape index (κ2) is 4.73. The maximum absolute atomic E-state index is 8.40. The lowest BCUT2D eigenvalue weighted by Crippen LogP contribution is -2.15. The summed E-state index contributed by atoms with van der Waals surface area (Å²) in [6, 6.07) is 0. The Hall–Kier alpha value is -0.120. The van der Waals surface area contributed by atoms with E-state index in [1.165, 1.54) is 0 Å². The van der Waals surface area contributed by atoms with Gasteiger partial charge in [-0.25, -0.2) is 0 Å². The van der Waals surface area contributed by atoms with E-state index in [9.17, 15) is 0 Å². The zero-order chi connectivity index (χ0) is 7.28. The van der Waals surface area contributed by atoms with Crippen LogP contribution >= 0.6 is 0 Å². The predicted molar refractivity (Wildman–Crippen MR) is 36.0 cm³/mol. The van der Waals surface area contributed by atoms with Crippen LogP contribution < -0.4 is 0 Å². The van der Waals surface area contributed by atoms with Crippen molar-refractivity contribution >= 4 is 0 Å². The molecule has 0 amide bonds. The van der Waals surface area contributed by atoms with E-state index in [1.54, 1.807) is 0 Å². The van der Waals surface area contributed by atoms with E-state index in [2.05, 4.69) is 0 Å². The van der Waals surface area contributed by atoms with E-state index in [4.69, 9.17) is 10.2 Å². The quantitative estimate of drug-likeness (QED) is 0.515. The number of rotatable bonds is 4. The highest BCUT2D eigenvalue weighted by Crippen LogP contribution is 1.93. The molecular formula is C6H15NO2. The van der Waals surface area contributed by atoms with Crippen LogP contribution in [0.5, 0.6) is 0 Å². The van der Waals surface area contributed by atoms with Crippen LogP contribution in [0.25, 0.3) is 0 Å². The third-order valence-corrected chi connectivity index (χ3v) is 1.07. The minimum absolute atomic E-state index is 0.470. The molecule has 0 unspecified atom stereocenters. The summed E-state index contributed by atoms with van der Waals surface area (Å²) < 4.78 is 0. The number of hydrogen-bond acceptors (Lipinski definition) is 3. The highest BCUT2D eigenvalue weighted by molar-refractivity contribution is 4.45. The molecule has 0 spiro atoms. The molecule has 0 aromatic heterocycles. The molecule has 3 nitrogen and oxygen atoms in total. The first kappa shape index (κ1) is 8.88. The molecule has 2 N–H and O–H groups in total. The molecule has 0 bridgehead atoms. The minimum atomic E-state index is -1.13. The Morgan fingerprint density at radius 1 is 1.33 bits per heavy atom. The SMILES string of the molecule is CN(C)CCCC(O)O. The lowest BCUT2D eigenvalue weighted by atomic mass is 10.3. The fourth-order valence-corrected chi connectivity index (χ4v) is 0.590. The van der Waals surface area contributed by atoms with Crippen molar-refractivity contribution in [2.75, 3.05) is 20.6 Å². The van der Waals surface area contributed by atoms with Gasteiger partial charge in [0, 0.05) is 0 Å².